The third kappa shape index (κ3) is 1.47. The van der Waals surface area contributed by atoms with E-state index >= 15 is 0 Å². The fraction of sp³-hybridized carbons (Fsp3) is 0.100. The summed E-state index contributed by atoms with van der Waals surface area (Å²) < 4.78 is 13.8. The van der Waals surface area contributed by atoms with Gasteiger partial charge in [0, 0.05) is 6.07 Å². The predicted molar refractivity (Wildman–Crippen MR) is 54.3 cm³/mol. The van der Waals surface area contributed by atoms with Crippen molar-refractivity contribution in [3.8, 4) is 0 Å². The molecule has 13 heavy (non-hydrogen) atoms. The molecular weight excluding hydrogens is 185 g/mol. The Morgan fingerprint density at radius 2 is 2.31 bits per heavy atom. The molecule has 0 aliphatic carbocycles. The molecule has 0 radical (unpaired) electrons. The fourth-order valence-corrected chi connectivity index (χ4v) is 1.95. The first-order valence-corrected chi connectivity index (χ1v) is 4.70. The van der Waals surface area contributed by atoms with Crippen LogP contribution in [0.25, 0.3) is 15.8 Å². The molecule has 0 N–H and O–H groups in total. The van der Waals surface area contributed by atoms with Crippen molar-refractivity contribution in [2.24, 2.45) is 0 Å². The topological polar surface area (TPSA) is 12.9 Å². The van der Waals surface area contributed by atoms with E-state index in [4.69, 9.17) is 0 Å². The minimum atomic E-state index is -0.244. The molecule has 1 aromatic carbocycles. The summed E-state index contributed by atoms with van der Waals surface area (Å²) in [6.45, 7) is 5.69. The van der Waals surface area contributed by atoms with Crippen LogP contribution in [0.15, 0.2) is 24.8 Å². The Bertz CT molecular complexity index is 473. The second-order valence-corrected chi connectivity index (χ2v) is 3.94. The van der Waals surface area contributed by atoms with Gasteiger partial charge < -0.3 is 0 Å². The smallest absolute Gasteiger partial charge is 0.125 e. The minimum Gasteiger partial charge on any atom is -0.236 e. The predicted octanol–water partition coefficient (Wildman–Crippen LogP) is 3.47. The Balaban J connectivity index is 2.68. The van der Waals surface area contributed by atoms with Crippen molar-refractivity contribution in [3.05, 3.63) is 35.6 Å². The van der Waals surface area contributed by atoms with Gasteiger partial charge >= 0.3 is 0 Å². The molecule has 0 unspecified atom stereocenters. The van der Waals surface area contributed by atoms with Crippen LogP contribution in [0.4, 0.5) is 4.39 Å². The highest BCUT2D eigenvalue weighted by Crippen LogP contribution is 2.26. The summed E-state index contributed by atoms with van der Waals surface area (Å²) in [5.74, 6) is -0.244. The van der Waals surface area contributed by atoms with Crippen LogP contribution in [0.5, 0.6) is 0 Å². The summed E-state index contributed by atoms with van der Waals surface area (Å²) in [6.07, 6.45) is 0. The van der Waals surface area contributed by atoms with Crippen molar-refractivity contribution in [2.75, 3.05) is 0 Å². The largest absolute Gasteiger partial charge is 0.236 e. The molecule has 2 rings (SSSR count). The molecule has 1 heterocycles. The van der Waals surface area contributed by atoms with Gasteiger partial charge in [-0.2, -0.15) is 0 Å². The molecule has 1 aromatic heterocycles. The van der Waals surface area contributed by atoms with E-state index < -0.39 is 0 Å². The molecule has 0 aliphatic rings. The van der Waals surface area contributed by atoms with Crippen molar-refractivity contribution in [1.82, 2.24) is 4.98 Å². The number of halogens is 1. The van der Waals surface area contributed by atoms with E-state index in [0.717, 1.165) is 15.3 Å². The zero-order valence-corrected chi connectivity index (χ0v) is 7.99. The second-order valence-electron chi connectivity index (χ2n) is 2.91. The number of fused-ring (bicyclic) bond motifs is 1. The van der Waals surface area contributed by atoms with Gasteiger partial charge in [0.05, 0.1) is 10.2 Å². The molecule has 0 spiro atoms. The Morgan fingerprint density at radius 1 is 1.54 bits per heavy atom. The van der Waals surface area contributed by atoms with Gasteiger partial charge in [-0.25, -0.2) is 9.37 Å². The van der Waals surface area contributed by atoms with Gasteiger partial charge in [0.1, 0.15) is 10.8 Å². The van der Waals surface area contributed by atoms with Gasteiger partial charge in [-0.3, -0.25) is 0 Å². The quantitative estimate of drug-likeness (QED) is 0.675. The molecule has 0 aliphatic heterocycles. The maximum Gasteiger partial charge on any atom is 0.125 e. The van der Waals surface area contributed by atoms with Gasteiger partial charge in [-0.15, -0.1) is 11.3 Å². The van der Waals surface area contributed by atoms with Crippen molar-refractivity contribution in [3.63, 3.8) is 0 Å². The van der Waals surface area contributed by atoms with E-state index in [2.05, 4.69) is 11.6 Å². The molecule has 66 valence electrons. The average molecular weight is 193 g/mol. The van der Waals surface area contributed by atoms with E-state index in [1.807, 2.05) is 6.92 Å². The zero-order valence-electron chi connectivity index (χ0n) is 7.17. The van der Waals surface area contributed by atoms with E-state index in [0.29, 0.717) is 5.52 Å². The normalized spacial score (nSPS) is 10.6. The Kier molecular flexibility index (Phi) is 1.88. The number of nitrogens with zero attached hydrogens (tertiary/aromatic N) is 1. The fourth-order valence-electron chi connectivity index (χ4n) is 1.08. The maximum absolute atomic E-state index is 12.8. The second kappa shape index (κ2) is 2.92. The molecule has 0 atom stereocenters. The van der Waals surface area contributed by atoms with Crippen LogP contribution >= 0.6 is 11.3 Å². The molecular formula is C10H8FNS. The highest BCUT2D eigenvalue weighted by molar-refractivity contribution is 7.19. The number of rotatable bonds is 1. The first kappa shape index (κ1) is 8.38. The van der Waals surface area contributed by atoms with Crippen molar-refractivity contribution < 1.29 is 4.39 Å². The average Bonchev–Trinajstić information content (AvgIpc) is 2.46. The van der Waals surface area contributed by atoms with Crippen LogP contribution in [0.1, 0.15) is 11.9 Å². The first-order valence-electron chi connectivity index (χ1n) is 3.89. The maximum atomic E-state index is 12.8. The monoisotopic (exact) mass is 193 g/mol. The van der Waals surface area contributed by atoms with Crippen LogP contribution in [0.2, 0.25) is 0 Å². The van der Waals surface area contributed by atoms with Crippen molar-refractivity contribution >= 4 is 27.1 Å². The molecule has 0 amide bonds. The lowest BCUT2D eigenvalue weighted by Crippen LogP contribution is -1.74. The highest BCUT2D eigenvalue weighted by Gasteiger charge is 2.04. The van der Waals surface area contributed by atoms with Crippen LogP contribution < -0.4 is 0 Å². The third-order valence-electron chi connectivity index (χ3n) is 1.71. The molecule has 0 fully saturated rings. The van der Waals surface area contributed by atoms with Crippen molar-refractivity contribution in [1.29, 1.82) is 0 Å². The van der Waals surface area contributed by atoms with Gasteiger partial charge in [0.2, 0.25) is 0 Å². The third-order valence-corrected chi connectivity index (χ3v) is 2.91. The standard InChI is InChI=1S/C10H8FNS/c1-6(2)10-12-8-5-7(11)3-4-9(8)13-10/h3-5H,1H2,2H3. The van der Waals surface area contributed by atoms with Crippen LogP contribution in [0, 0.1) is 5.82 Å². The SMILES string of the molecule is C=C(C)c1nc2cc(F)ccc2s1. The first-order chi connectivity index (χ1) is 6.16. The van der Waals surface area contributed by atoms with Gasteiger partial charge in [0.15, 0.2) is 0 Å². The van der Waals surface area contributed by atoms with Gasteiger partial charge in [-0.1, -0.05) is 6.58 Å². The van der Waals surface area contributed by atoms with E-state index in [9.17, 15) is 4.39 Å². The van der Waals surface area contributed by atoms with Crippen LogP contribution in [0.3, 0.4) is 0 Å². The lowest BCUT2D eigenvalue weighted by Gasteiger charge is -1.86. The number of aromatic nitrogens is 1. The van der Waals surface area contributed by atoms with Crippen LogP contribution in [-0.4, -0.2) is 4.98 Å². The lowest BCUT2D eigenvalue weighted by molar-refractivity contribution is 0.629. The summed E-state index contributed by atoms with van der Waals surface area (Å²) in [4.78, 5) is 4.25. The minimum absolute atomic E-state index is 0.244. The highest BCUT2D eigenvalue weighted by atomic mass is 32.1. The number of benzene rings is 1. The Hall–Kier alpha value is -1.22. The molecule has 1 nitrogen and oxygen atoms in total. The number of allylic oxidation sites excluding steroid dienone is 1. The Labute approximate surface area is 79.5 Å². The lowest BCUT2D eigenvalue weighted by atomic mass is 10.3. The summed E-state index contributed by atoms with van der Waals surface area (Å²) in [5, 5.41) is 0.876. The van der Waals surface area contributed by atoms with Gasteiger partial charge in [-0.05, 0) is 24.6 Å². The molecule has 0 saturated heterocycles. The summed E-state index contributed by atoms with van der Waals surface area (Å²) in [6, 6.07) is 4.63. The zero-order chi connectivity index (χ0) is 9.42. The molecule has 3 heteroatoms. The van der Waals surface area contributed by atoms with Crippen LogP contribution in [-0.2, 0) is 0 Å². The van der Waals surface area contributed by atoms with E-state index in [-0.39, 0.29) is 5.82 Å². The summed E-state index contributed by atoms with van der Waals surface area (Å²) in [5.41, 5.74) is 1.63. The van der Waals surface area contributed by atoms with Crippen molar-refractivity contribution in [2.45, 2.75) is 6.92 Å². The number of thiazole rings is 1. The molecule has 0 bridgehead atoms. The number of hydrogen-bond donors (Lipinski definition) is 0. The number of hydrogen-bond acceptors (Lipinski definition) is 2. The van der Waals surface area contributed by atoms with Gasteiger partial charge in [0.25, 0.3) is 0 Å². The van der Waals surface area contributed by atoms with E-state index in [1.54, 1.807) is 6.07 Å². The molecule has 2 aromatic rings. The Morgan fingerprint density at radius 3 is 3.00 bits per heavy atom. The van der Waals surface area contributed by atoms with E-state index in [1.165, 1.54) is 23.5 Å². The summed E-state index contributed by atoms with van der Waals surface area (Å²) >= 11 is 1.54. The molecule has 0 saturated carbocycles. The summed E-state index contributed by atoms with van der Waals surface area (Å²) in [7, 11) is 0.